The van der Waals surface area contributed by atoms with Gasteiger partial charge in [0.15, 0.2) is 0 Å². The van der Waals surface area contributed by atoms with E-state index in [9.17, 15) is 4.79 Å². The van der Waals surface area contributed by atoms with Crippen LogP contribution < -0.4 is 15.8 Å². The molecule has 0 saturated heterocycles. The number of aromatic nitrogens is 1. The van der Waals surface area contributed by atoms with Crippen LogP contribution in [-0.4, -0.2) is 17.5 Å². The summed E-state index contributed by atoms with van der Waals surface area (Å²) in [5.74, 6) is 0.453. The highest BCUT2D eigenvalue weighted by Crippen LogP contribution is 2.19. The van der Waals surface area contributed by atoms with Gasteiger partial charge in [-0.1, -0.05) is 12.1 Å². The molecular formula is C14H14BrN3O2. The fraction of sp³-hybridized carbons (Fsp3) is 0.143. The molecule has 1 aromatic carbocycles. The van der Waals surface area contributed by atoms with Crippen molar-refractivity contribution in [3.05, 3.63) is 47.2 Å². The fourth-order valence-electron chi connectivity index (χ4n) is 1.54. The minimum absolute atomic E-state index is 0.136. The number of amides is 1. The summed E-state index contributed by atoms with van der Waals surface area (Å²) in [7, 11) is 0. The summed E-state index contributed by atoms with van der Waals surface area (Å²) in [5, 5.41) is 2.74. The number of anilines is 2. The van der Waals surface area contributed by atoms with Gasteiger partial charge < -0.3 is 15.8 Å². The molecule has 1 amide bonds. The van der Waals surface area contributed by atoms with Gasteiger partial charge in [-0.2, -0.15) is 0 Å². The summed E-state index contributed by atoms with van der Waals surface area (Å²) in [6.07, 6.45) is 1.82. The third-order valence-corrected chi connectivity index (χ3v) is 2.99. The number of nitrogens with two attached hydrogens (primary N) is 1. The lowest BCUT2D eigenvalue weighted by atomic mass is 10.3. The van der Waals surface area contributed by atoms with Gasteiger partial charge in [0.25, 0.3) is 0 Å². The molecule has 0 bridgehead atoms. The Kier molecular flexibility index (Phi) is 4.95. The van der Waals surface area contributed by atoms with E-state index in [0.29, 0.717) is 17.1 Å². The summed E-state index contributed by atoms with van der Waals surface area (Å²) in [6, 6.07) is 10.7. The minimum Gasteiger partial charge on any atom is -0.491 e. The first kappa shape index (κ1) is 14.3. The van der Waals surface area contributed by atoms with Crippen molar-refractivity contribution in [2.75, 3.05) is 17.7 Å². The average Bonchev–Trinajstić information content (AvgIpc) is 2.43. The molecule has 0 aliphatic heterocycles. The van der Waals surface area contributed by atoms with E-state index < -0.39 is 0 Å². The van der Waals surface area contributed by atoms with Gasteiger partial charge in [0.2, 0.25) is 5.91 Å². The fourth-order valence-corrected chi connectivity index (χ4v) is 1.77. The van der Waals surface area contributed by atoms with Gasteiger partial charge in [-0.25, -0.2) is 4.98 Å². The smallest absolute Gasteiger partial charge is 0.227 e. The maximum Gasteiger partial charge on any atom is 0.227 e. The van der Waals surface area contributed by atoms with Gasteiger partial charge >= 0.3 is 0 Å². The summed E-state index contributed by atoms with van der Waals surface area (Å²) in [6.45, 7) is 0.268. The molecule has 0 radical (unpaired) electrons. The molecule has 1 aromatic heterocycles. The Bertz CT molecular complexity index is 587. The van der Waals surface area contributed by atoms with Gasteiger partial charge in [0.1, 0.15) is 10.4 Å². The molecule has 0 aliphatic carbocycles. The molecule has 1 heterocycles. The summed E-state index contributed by atoms with van der Waals surface area (Å²) in [4.78, 5) is 15.7. The molecule has 0 saturated carbocycles. The molecule has 3 N–H and O–H groups in total. The molecule has 0 spiro atoms. The summed E-state index contributed by atoms with van der Waals surface area (Å²) >= 11 is 3.23. The molecule has 2 rings (SSSR count). The molecule has 2 aromatic rings. The van der Waals surface area contributed by atoms with Crippen LogP contribution in [0, 0.1) is 0 Å². The van der Waals surface area contributed by atoms with Crippen LogP contribution in [0.5, 0.6) is 5.75 Å². The minimum atomic E-state index is -0.136. The highest BCUT2D eigenvalue weighted by Gasteiger charge is 2.04. The van der Waals surface area contributed by atoms with Crippen LogP contribution in [0.15, 0.2) is 47.2 Å². The number of ether oxygens (including phenoxy) is 1. The van der Waals surface area contributed by atoms with Crippen molar-refractivity contribution in [1.82, 2.24) is 4.98 Å². The zero-order valence-electron chi connectivity index (χ0n) is 10.7. The van der Waals surface area contributed by atoms with E-state index in [4.69, 9.17) is 10.5 Å². The highest BCUT2D eigenvalue weighted by atomic mass is 79.9. The Balaban J connectivity index is 1.78. The largest absolute Gasteiger partial charge is 0.491 e. The van der Waals surface area contributed by atoms with Crippen molar-refractivity contribution in [2.24, 2.45) is 0 Å². The predicted octanol–water partition coefficient (Wildman–Crippen LogP) is 2.83. The number of carbonyl (C=O) groups excluding carboxylic acids is 1. The molecule has 0 atom stereocenters. The second-order valence-corrected chi connectivity index (χ2v) is 4.87. The second kappa shape index (κ2) is 6.91. The molecule has 20 heavy (non-hydrogen) atoms. The third-order valence-electron chi connectivity index (χ3n) is 2.52. The van der Waals surface area contributed by atoms with Crippen molar-refractivity contribution in [2.45, 2.75) is 6.42 Å². The zero-order chi connectivity index (χ0) is 14.4. The van der Waals surface area contributed by atoms with E-state index in [1.54, 1.807) is 30.5 Å². The van der Waals surface area contributed by atoms with Gasteiger partial charge in [-0.15, -0.1) is 0 Å². The Hall–Kier alpha value is -2.08. The van der Waals surface area contributed by atoms with Gasteiger partial charge in [0, 0.05) is 0 Å². The SMILES string of the molecule is Nc1ccccc1OCCC(=O)Nc1ccc(Br)nc1. The first-order valence-corrected chi connectivity index (χ1v) is 6.83. The summed E-state index contributed by atoms with van der Waals surface area (Å²) < 4.78 is 6.18. The molecular weight excluding hydrogens is 322 g/mol. The second-order valence-electron chi connectivity index (χ2n) is 4.05. The number of pyridine rings is 1. The van der Waals surface area contributed by atoms with E-state index in [-0.39, 0.29) is 18.9 Å². The van der Waals surface area contributed by atoms with E-state index in [1.807, 2.05) is 12.1 Å². The van der Waals surface area contributed by atoms with Gasteiger partial charge in [0.05, 0.1) is 30.6 Å². The number of para-hydroxylation sites is 2. The normalized spacial score (nSPS) is 10.1. The van der Waals surface area contributed by atoms with E-state index in [2.05, 4.69) is 26.2 Å². The van der Waals surface area contributed by atoms with Crippen LogP contribution >= 0.6 is 15.9 Å². The van der Waals surface area contributed by atoms with Crippen molar-refractivity contribution >= 4 is 33.2 Å². The number of hydrogen-bond donors (Lipinski definition) is 2. The Morgan fingerprint density at radius 2 is 2.10 bits per heavy atom. The van der Waals surface area contributed by atoms with Crippen LogP contribution in [0.2, 0.25) is 0 Å². The standard InChI is InChI=1S/C14H14BrN3O2/c15-13-6-5-10(9-17-13)18-14(19)7-8-20-12-4-2-1-3-11(12)16/h1-6,9H,7-8,16H2,(H,18,19). The van der Waals surface area contributed by atoms with Gasteiger partial charge in [-0.3, -0.25) is 4.79 Å². The zero-order valence-corrected chi connectivity index (χ0v) is 12.3. The number of halogens is 1. The lowest BCUT2D eigenvalue weighted by molar-refractivity contribution is -0.116. The van der Waals surface area contributed by atoms with E-state index >= 15 is 0 Å². The van der Waals surface area contributed by atoms with Crippen molar-refractivity contribution in [3.8, 4) is 5.75 Å². The topological polar surface area (TPSA) is 77.2 Å². The average molecular weight is 336 g/mol. The van der Waals surface area contributed by atoms with Crippen LogP contribution in [0.4, 0.5) is 11.4 Å². The number of benzene rings is 1. The van der Waals surface area contributed by atoms with Crippen LogP contribution in [0.3, 0.4) is 0 Å². The predicted molar refractivity (Wildman–Crippen MR) is 81.5 cm³/mol. The van der Waals surface area contributed by atoms with Crippen LogP contribution in [-0.2, 0) is 4.79 Å². The van der Waals surface area contributed by atoms with Crippen molar-refractivity contribution in [1.29, 1.82) is 0 Å². The maximum atomic E-state index is 11.7. The number of nitrogen functional groups attached to an aromatic ring is 1. The molecule has 6 heteroatoms. The molecule has 5 nitrogen and oxygen atoms in total. The molecule has 0 unspecified atom stereocenters. The lowest BCUT2D eigenvalue weighted by Crippen LogP contribution is -2.15. The third kappa shape index (κ3) is 4.24. The molecule has 104 valence electrons. The number of rotatable bonds is 5. The van der Waals surface area contributed by atoms with Gasteiger partial charge in [-0.05, 0) is 40.2 Å². The first-order chi connectivity index (χ1) is 9.65. The Labute approximate surface area is 125 Å². The Morgan fingerprint density at radius 1 is 1.30 bits per heavy atom. The van der Waals surface area contributed by atoms with E-state index in [1.165, 1.54) is 0 Å². The first-order valence-electron chi connectivity index (χ1n) is 6.04. The lowest BCUT2D eigenvalue weighted by Gasteiger charge is -2.08. The number of carbonyl (C=O) groups is 1. The number of hydrogen-bond acceptors (Lipinski definition) is 4. The molecule has 0 aliphatic rings. The van der Waals surface area contributed by atoms with Crippen molar-refractivity contribution in [3.63, 3.8) is 0 Å². The quantitative estimate of drug-likeness (QED) is 0.650. The molecule has 0 fully saturated rings. The van der Waals surface area contributed by atoms with Crippen LogP contribution in [0.25, 0.3) is 0 Å². The number of nitrogens with zero attached hydrogens (tertiary/aromatic N) is 1. The van der Waals surface area contributed by atoms with E-state index in [0.717, 1.165) is 4.60 Å². The van der Waals surface area contributed by atoms with Crippen LogP contribution in [0.1, 0.15) is 6.42 Å². The maximum absolute atomic E-state index is 11.7. The number of nitrogens with one attached hydrogen (secondary N) is 1. The van der Waals surface area contributed by atoms with Crippen molar-refractivity contribution < 1.29 is 9.53 Å². The highest BCUT2D eigenvalue weighted by molar-refractivity contribution is 9.10. The summed E-state index contributed by atoms with van der Waals surface area (Å²) in [5.41, 5.74) is 6.95. The monoisotopic (exact) mass is 335 g/mol. The Morgan fingerprint density at radius 3 is 2.80 bits per heavy atom.